The Morgan fingerprint density at radius 3 is 2.54 bits per heavy atom. The first-order chi connectivity index (χ1) is 11.3. The zero-order valence-electron chi connectivity index (χ0n) is 13.7. The second kappa shape index (κ2) is 7.54. The quantitative estimate of drug-likeness (QED) is 0.732. The molecule has 1 aromatic carbocycles. The van der Waals surface area contributed by atoms with Crippen LogP contribution in [0.2, 0.25) is 0 Å². The SMILES string of the molecule is Cc1cc(N(C)C)nc(NCCNS(=O)(=O)c2ccccc2F)n1. The van der Waals surface area contributed by atoms with Crippen molar-refractivity contribution < 1.29 is 12.8 Å². The molecule has 1 heterocycles. The molecule has 0 saturated carbocycles. The monoisotopic (exact) mass is 353 g/mol. The lowest BCUT2D eigenvalue weighted by Crippen LogP contribution is -2.30. The van der Waals surface area contributed by atoms with Gasteiger partial charge in [-0.1, -0.05) is 12.1 Å². The Bertz CT molecular complexity index is 811. The molecule has 7 nitrogen and oxygen atoms in total. The van der Waals surface area contributed by atoms with Gasteiger partial charge in [-0.15, -0.1) is 0 Å². The Morgan fingerprint density at radius 2 is 1.88 bits per heavy atom. The number of rotatable bonds is 7. The summed E-state index contributed by atoms with van der Waals surface area (Å²) >= 11 is 0. The third-order valence-electron chi connectivity index (χ3n) is 3.13. The number of hydrogen-bond donors (Lipinski definition) is 2. The fraction of sp³-hybridized carbons (Fsp3) is 0.333. The lowest BCUT2D eigenvalue weighted by atomic mass is 10.4. The molecule has 0 saturated heterocycles. The first-order valence-electron chi connectivity index (χ1n) is 7.30. The number of aromatic nitrogens is 2. The Balaban J connectivity index is 1.95. The van der Waals surface area contributed by atoms with Crippen LogP contribution in [0.15, 0.2) is 35.2 Å². The van der Waals surface area contributed by atoms with Gasteiger partial charge in [0.25, 0.3) is 0 Å². The molecule has 0 bridgehead atoms. The number of aryl methyl sites for hydroxylation is 1. The van der Waals surface area contributed by atoms with Crippen LogP contribution in [0.4, 0.5) is 16.2 Å². The Morgan fingerprint density at radius 1 is 1.17 bits per heavy atom. The number of hydrogen-bond acceptors (Lipinski definition) is 6. The van der Waals surface area contributed by atoms with Gasteiger partial charge in [0.05, 0.1) is 0 Å². The van der Waals surface area contributed by atoms with E-state index in [2.05, 4.69) is 20.0 Å². The largest absolute Gasteiger partial charge is 0.363 e. The van der Waals surface area contributed by atoms with Crippen LogP contribution in [-0.2, 0) is 10.0 Å². The molecule has 2 aromatic rings. The number of sulfonamides is 1. The average Bonchev–Trinajstić information content (AvgIpc) is 2.51. The second-order valence-electron chi connectivity index (χ2n) is 5.34. The maximum atomic E-state index is 13.6. The molecular weight excluding hydrogens is 333 g/mol. The lowest BCUT2D eigenvalue weighted by Gasteiger charge is -2.14. The highest BCUT2D eigenvalue weighted by Crippen LogP contribution is 2.13. The Labute approximate surface area is 141 Å². The first-order valence-corrected chi connectivity index (χ1v) is 8.79. The number of benzene rings is 1. The predicted octanol–water partition coefficient (Wildman–Crippen LogP) is 1.38. The number of nitrogens with zero attached hydrogens (tertiary/aromatic N) is 3. The van der Waals surface area contributed by atoms with Crippen LogP contribution in [0.25, 0.3) is 0 Å². The summed E-state index contributed by atoms with van der Waals surface area (Å²) in [5, 5.41) is 2.95. The van der Waals surface area contributed by atoms with Crippen molar-refractivity contribution in [2.24, 2.45) is 0 Å². The molecule has 0 radical (unpaired) electrons. The average molecular weight is 353 g/mol. The number of nitrogens with one attached hydrogen (secondary N) is 2. The van der Waals surface area contributed by atoms with Crippen molar-refractivity contribution in [2.75, 3.05) is 37.4 Å². The van der Waals surface area contributed by atoms with Crippen molar-refractivity contribution in [1.29, 1.82) is 0 Å². The standard InChI is InChI=1S/C15H20FN5O2S/c1-11-10-14(21(2)3)20-15(19-11)17-8-9-18-24(22,23)13-7-5-4-6-12(13)16/h4-7,10,18H,8-9H2,1-3H3,(H,17,19,20). The van der Waals surface area contributed by atoms with Gasteiger partial charge in [-0.3, -0.25) is 0 Å². The van der Waals surface area contributed by atoms with Gasteiger partial charge in [0.1, 0.15) is 16.5 Å². The van der Waals surface area contributed by atoms with Crippen molar-refractivity contribution in [3.63, 3.8) is 0 Å². The van der Waals surface area contributed by atoms with Gasteiger partial charge in [0.15, 0.2) is 0 Å². The van der Waals surface area contributed by atoms with Crippen LogP contribution in [0.5, 0.6) is 0 Å². The van der Waals surface area contributed by atoms with Crippen molar-refractivity contribution in [3.8, 4) is 0 Å². The maximum Gasteiger partial charge on any atom is 0.243 e. The molecule has 0 fully saturated rings. The molecule has 0 aliphatic heterocycles. The molecular formula is C15H20FN5O2S. The fourth-order valence-electron chi connectivity index (χ4n) is 1.96. The van der Waals surface area contributed by atoms with E-state index in [0.717, 1.165) is 17.6 Å². The van der Waals surface area contributed by atoms with E-state index in [-0.39, 0.29) is 18.0 Å². The summed E-state index contributed by atoms with van der Waals surface area (Å²) in [5.74, 6) is 0.372. The van der Waals surface area contributed by atoms with E-state index in [4.69, 9.17) is 0 Å². The molecule has 0 unspecified atom stereocenters. The summed E-state index contributed by atoms with van der Waals surface area (Å²) < 4.78 is 40.0. The minimum absolute atomic E-state index is 0.0747. The van der Waals surface area contributed by atoms with Crippen LogP contribution in [0, 0.1) is 12.7 Å². The van der Waals surface area contributed by atoms with Gasteiger partial charge in [-0.2, -0.15) is 4.98 Å². The van der Waals surface area contributed by atoms with Crippen molar-refractivity contribution >= 4 is 21.8 Å². The van der Waals surface area contributed by atoms with Crippen molar-refractivity contribution in [1.82, 2.24) is 14.7 Å². The van der Waals surface area contributed by atoms with Crippen LogP contribution in [0.3, 0.4) is 0 Å². The minimum atomic E-state index is -3.89. The van der Waals surface area contributed by atoms with E-state index in [1.807, 2.05) is 32.0 Å². The second-order valence-corrected chi connectivity index (χ2v) is 7.08. The minimum Gasteiger partial charge on any atom is -0.363 e. The molecule has 9 heteroatoms. The summed E-state index contributed by atoms with van der Waals surface area (Å²) in [5.41, 5.74) is 0.795. The van der Waals surface area contributed by atoms with Crippen LogP contribution in [0.1, 0.15) is 5.69 Å². The number of anilines is 2. The van der Waals surface area contributed by atoms with E-state index in [9.17, 15) is 12.8 Å². The summed E-state index contributed by atoms with van der Waals surface area (Å²) in [6.45, 7) is 2.19. The molecule has 0 aliphatic rings. The fourth-order valence-corrected chi connectivity index (χ4v) is 3.07. The third-order valence-corrected chi connectivity index (χ3v) is 4.62. The van der Waals surface area contributed by atoms with E-state index < -0.39 is 15.8 Å². The first kappa shape index (κ1) is 18.1. The molecule has 0 atom stereocenters. The summed E-state index contributed by atoms with van der Waals surface area (Å²) in [6.07, 6.45) is 0. The predicted molar refractivity (Wildman–Crippen MR) is 91.2 cm³/mol. The highest BCUT2D eigenvalue weighted by atomic mass is 32.2. The van der Waals surface area contributed by atoms with Crippen molar-refractivity contribution in [3.05, 3.63) is 41.8 Å². The normalized spacial score (nSPS) is 11.3. The third kappa shape index (κ3) is 4.62. The van der Waals surface area contributed by atoms with Crippen LogP contribution < -0.4 is 14.9 Å². The maximum absolute atomic E-state index is 13.6. The zero-order chi connectivity index (χ0) is 17.7. The van der Waals surface area contributed by atoms with Crippen molar-refractivity contribution in [2.45, 2.75) is 11.8 Å². The Kier molecular flexibility index (Phi) is 5.68. The van der Waals surface area contributed by atoms with Gasteiger partial charge >= 0.3 is 0 Å². The summed E-state index contributed by atoms with van der Waals surface area (Å²) in [7, 11) is -0.151. The molecule has 0 aliphatic carbocycles. The van der Waals surface area contributed by atoms with Crippen LogP contribution >= 0.6 is 0 Å². The zero-order valence-corrected chi connectivity index (χ0v) is 14.6. The van der Waals surface area contributed by atoms with E-state index in [1.165, 1.54) is 18.2 Å². The molecule has 2 N–H and O–H groups in total. The Hall–Kier alpha value is -2.26. The van der Waals surface area contributed by atoms with Gasteiger partial charge in [-0.05, 0) is 19.1 Å². The summed E-state index contributed by atoms with van der Waals surface area (Å²) in [4.78, 5) is 10.0. The number of halogens is 1. The van der Waals surface area contributed by atoms with Crippen LogP contribution in [-0.4, -0.2) is 45.6 Å². The molecule has 2 rings (SSSR count). The molecule has 24 heavy (non-hydrogen) atoms. The van der Waals surface area contributed by atoms with Gasteiger partial charge < -0.3 is 10.2 Å². The van der Waals surface area contributed by atoms with Gasteiger partial charge in [0, 0.05) is 38.9 Å². The van der Waals surface area contributed by atoms with E-state index in [0.29, 0.717) is 5.95 Å². The summed E-state index contributed by atoms with van der Waals surface area (Å²) in [6, 6.07) is 7.08. The smallest absolute Gasteiger partial charge is 0.243 e. The highest BCUT2D eigenvalue weighted by molar-refractivity contribution is 7.89. The highest BCUT2D eigenvalue weighted by Gasteiger charge is 2.17. The lowest BCUT2D eigenvalue weighted by molar-refractivity contribution is 0.558. The molecule has 0 amide bonds. The molecule has 130 valence electrons. The molecule has 1 aromatic heterocycles. The van der Waals surface area contributed by atoms with Gasteiger partial charge in [0.2, 0.25) is 16.0 Å². The van der Waals surface area contributed by atoms with Gasteiger partial charge in [-0.25, -0.2) is 22.5 Å². The topological polar surface area (TPSA) is 87.2 Å². The van der Waals surface area contributed by atoms with E-state index in [1.54, 1.807) is 0 Å². The molecule has 0 spiro atoms. The van der Waals surface area contributed by atoms with E-state index >= 15 is 0 Å².